The Hall–Kier alpha value is -2.41. The van der Waals surface area contributed by atoms with Crippen molar-refractivity contribution in [3.63, 3.8) is 0 Å². The number of carbonyl (C=O) groups excluding carboxylic acids is 2. The molecule has 1 N–H and O–H groups in total. The number of hydrogen-bond donors (Lipinski definition) is 1. The molecule has 1 atom stereocenters. The summed E-state index contributed by atoms with van der Waals surface area (Å²) >= 11 is 0. The first-order chi connectivity index (χ1) is 14.4. The second kappa shape index (κ2) is 8.38. The van der Waals surface area contributed by atoms with Crippen LogP contribution >= 0.6 is 0 Å². The van der Waals surface area contributed by atoms with Gasteiger partial charge in [0.1, 0.15) is 5.54 Å². The number of fused-ring (bicyclic) bond motifs is 3. The third kappa shape index (κ3) is 3.71. The van der Waals surface area contributed by atoms with Gasteiger partial charge in [0.2, 0.25) is 5.91 Å². The van der Waals surface area contributed by atoms with E-state index in [-0.39, 0.29) is 17.9 Å². The summed E-state index contributed by atoms with van der Waals surface area (Å²) in [6, 6.07) is 7.90. The van der Waals surface area contributed by atoms with E-state index in [0.29, 0.717) is 31.9 Å². The molecule has 162 valence electrons. The van der Waals surface area contributed by atoms with Crippen molar-refractivity contribution in [1.29, 1.82) is 0 Å². The molecule has 1 saturated carbocycles. The highest BCUT2D eigenvalue weighted by atomic mass is 16.5. The zero-order valence-electron chi connectivity index (χ0n) is 18.2. The van der Waals surface area contributed by atoms with Gasteiger partial charge in [-0.3, -0.25) is 9.59 Å². The van der Waals surface area contributed by atoms with Gasteiger partial charge in [-0.15, -0.1) is 0 Å². The maximum Gasteiger partial charge on any atom is 0.290 e. The number of imidazole rings is 1. The van der Waals surface area contributed by atoms with Crippen LogP contribution in [0, 0.1) is 5.92 Å². The van der Waals surface area contributed by atoms with Gasteiger partial charge >= 0.3 is 0 Å². The lowest BCUT2D eigenvalue weighted by atomic mass is 9.86. The molecular formula is C23H32N4O3. The van der Waals surface area contributed by atoms with Crippen LogP contribution in [0.2, 0.25) is 0 Å². The van der Waals surface area contributed by atoms with Gasteiger partial charge in [-0.05, 0) is 57.1 Å². The Morgan fingerprint density at radius 1 is 1.27 bits per heavy atom. The molecule has 0 saturated heterocycles. The number of rotatable bonds is 6. The second-order valence-electron chi connectivity index (χ2n) is 9.02. The Balaban J connectivity index is 1.65. The lowest BCUT2D eigenvalue weighted by molar-refractivity contribution is -0.134. The average molecular weight is 413 g/mol. The summed E-state index contributed by atoms with van der Waals surface area (Å²) < 4.78 is 7.10. The molecule has 2 heterocycles. The number of methoxy groups -OCH3 is 1. The van der Waals surface area contributed by atoms with E-state index in [1.807, 2.05) is 35.8 Å². The van der Waals surface area contributed by atoms with Crippen LogP contribution in [-0.2, 0) is 16.1 Å². The summed E-state index contributed by atoms with van der Waals surface area (Å²) in [5.74, 6) is 0.862. The van der Waals surface area contributed by atoms with Gasteiger partial charge < -0.3 is 19.5 Å². The molecule has 7 heteroatoms. The monoisotopic (exact) mass is 412 g/mol. The van der Waals surface area contributed by atoms with Gasteiger partial charge in [0.25, 0.3) is 5.91 Å². The van der Waals surface area contributed by atoms with Gasteiger partial charge in [0.15, 0.2) is 5.82 Å². The molecule has 0 unspecified atom stereocenters. The first-order valence-corrected chi connectivity index (χ1v) is 11.0. The van der Waals surface area contributed by atoms with E-state index in [0.717, 1.165) is 42.6 Å². The van der Waals surface area contributed by atoms with Gasteiger partial charge in [-0.25, -0.2) is 4.98 Å². The van der Waals surface area contributed by atoms with Crippen LogP contribution in [0.3, 0.4) is 0 Å². The molecule has 0 radical (unpaired) electrons. The first kappa shape index (κ1) is 20.8. The highest BCUT2D eigenvalue weighted by molar-refractivity contribution is 6.01. The number of amides is 2. The Kier molecular flexibility index (Phi) is 5.82. The van der Waals surface area contributed by atoms with Crippen molar-refractivity contribution in [2.45, 2.75) is 64.1 Å². The summed E-state index contributed by atoms with van der Waals surface area (Å²) in [6.45, 7) is 5.55. The van der Waals surface area contributed by atoms with Crippen molar-refractivity contribution in [2.75, 3.05) is 20.3 Å². The quantitative estimate of drug-likeness (QED) is 0.740. The summed E-state index contributed by atoms with van der Waals surface area (Å²) in [5.41, 5.74) is 0.705. The van der Waals surface area contributed by atoms with Gasteiger partial charge in [-0.2, -0.15) is 0 Å². The fourth-order valence-electron chi connectivity index (χ4n) is 4.79. The van der Waals surface area contributed by atoms with Crippen LogP contribution in [0.25, 0.3) is 11.0 Å². The maximum absolute atomic E-state index is 13.6. The summed E-state index contributed by atoms with van der Waals surface area (Å²) in [6.07, 6.45) is 4.94. The van der Waals surface area contributed by atoms with Crippen LogP contribution in [0.5, 0.6) is 0 Å². The van der Waals surface area contributed by atoms with E-state index < -0.39 is 5.54 Å². The molecule has 7 nitrogen and oxygen atoms in total. The maximum atomic E-state index is 13.6. The number of hydrogen-bond acceptors (Lipinski definition) is 4. The van der Waals surface area contributed by atoms with Crippen molar-refractivity contribution < 1.29 is 14.3 Å². The lowest BCUT2D eigenvalue weighted by Gasteiger charge is -2.44. The summed E-state index contributed by atoms with van der Waals surface area (Å²) in [7, 11) is 1.65. The summed E-state index contributed by atoms with van der Waals surface area (Å²) in [5, 5.41) is 3.26. The number of aromatic nitrogens is 2. The van der Waals surface area contributed by atoms with E-state index in [2.05, 4.69) is 17.2 Å². The van der Waals surface area contributed by atoms with Crippen LogP contribution < -0.4 is 5.32 Å². The molecule has 2 amide bonds. The fourth-order valence-corrected chi connectivity index (χ4v) is 4.79. The number of carbonyl (C=O) groups is 2. The molecule has 2 aromatic rings. The number of nitrogens with zero attached hydrogens (tertiary/aromatic N) is 3. The van der Waals surface area contributed by atoms with Gasteiger partial charge in [0.05, 0.1) is 17.6 Å². The van der Waals surface area contributed by atoms with E-state index in [1.54, 1.807) is 12.0 Å². The molecule has 2 aliphatic rings. The molecule has 1 aromatic heterocycles. The molecule has 0 spiro atoms. The minimum absolute atomic E-state index is 0.0729. The normalized spacial score (nSPS) is 26.6. The number of para-hydroxylation sites is 2. The Morgan fingerprint density at radius 3 is 2.73 bits per heavy atom. The first-order valence-electron chi connectivity index (χ1n) is 11.0. The van der Waals surface area contributed by atoms with Crippen molar-refractivity contribution in [1.82, 2.24) is 19.8 Å². The minimum atomic E-state index is -0.968. The SMILES string of the molecule is COCCCN1C(=O)c2nc3ccccc3n2C[C@@]1(C)C(=O)NC1CCC(C)CC1. The smallest absolute Gasteiger partial charge is 0.290 e. The lowest BCUT2D eigenvalue weighted by Crippen LogP contribution is -2.65. The zero-order valence-corrected chi connectivity index (χ0v) is 18.2. The van der Waals surface area contributed by atoms with Crippen LogP contribution in [0.4, 0.5) is 0 Å². The summed E-state index contributed by atoms with van der Waals surface area (Å²) in [4.78, 5) is 33.3. The highest BCUT2D eigenvalue weighted by Crippen LogP contribution is 2.31. The number of ether oxygens (including phenoxy) is 1. The van der Waals surface area contributed by atoms with Gasteiger partial charge in [0, 0.05) is 26.3 Å². The van der Waals surface area contributed by atoms with E-state index in [1.165, 1.54) is 0 Å². The molecule has 1 aromatic carbocycles. The minimum Gasteiger partial charge on any atom is -0.385 e. The standard InChI is InChI=1S/C23H32N4O3/c1-16-9-11-17(12-10-16)24-22(29)23(2)15-26-19-8-5-4-7-18(19)25-20(26)21(28)27(23)13-6-14-30-3/h4-5,7-8,16-17H,6,9-15H2,1-3H3,(H,24,29)/t16?,17?,23-/m0/s1. The molecule has 30 heavy (non-hydrogen) atoms. The van der Waals surface area contributed by atoms with Crippen molar-refractivity contribution >= 4 is 22.8 Å². The van der Waals surface area contributed by atoms with Crippen molar-refractivity contribution in [2.24, 2.45) is 5.92 Å². The molecule has 0 bridgehead atoms. The van der Waals surface area contributed by atoms with Crippen LogP contribution in [0.1, 0.15) is 56.6 Å². The third-order valence-corrected chi connectivity index (χ3v) is 6.72. The third-order valence-electron chi connectivity index (χ3n) is 6.72. The number of nitrogens with one attached hydrogen (secondary N) is 1. The van der Waals surface area contributed by atoms with E-state index in [9.17, 15) is 9.59 Å². The molecule has 4 rings (SSSR count). The second-order valence-corrected chi connectivity index (χ2v) is 9.02. The van der Waals surface area contributed by atoms with Crippen LogP contribution in [0.15, 0.2) is 24.3 Å². The molecule has 1 fully saturated rings. The Morgan fingerprint density at radius 2 is 2.00 bits per heavy atom. The highest BCUT2D eigenvalue weighted by Gasteiger charge is 2.48. The van der Waals surface area contributed by atoms with Crippen molar-refractivity contribution in [3.05, 3.63) is 30.1 Å². The largest absolute Gasteiger partial charge is 0.385 e. The topological polar surface area (TPSA) is 76.5 Å². The Bertz CT molecular complexity index is 932. The Labute approximate surface area is 177 Å². The van der Waals surface area contributed by atoms with E-state index >= 15 is 0 Å². The van der Waals surface area contributed by atoms with E-state index in [4.69, 9.17) is 4.74 Å². The predicted molar refractivity (Wildman–Crippen MR) is 115 cm³/mol. The average Bonchev–Trinajstić information content (AvgIpc) is 3.11. The van der Waals surface area contributed by atoms with Crippen molar-refractivity contribution in [3.8, 4) is 0 Å². The molecule has 1 aliphatic carbocycles. The van der Waals surface area contributed by atoms with Gasteiger partial charge in [-0.1, -0.05) is 19.1 Å². The predicted octanol–water partition coefficient (Wildman–Crippen LogP) is 2.98. The number of benzene rings is 1. The fraction of sp³-hybridized carbons (Fsp3) is 0.609. The zero-order chi connectivity index (χ0) is 21.3. The molecular weight excluding hydrogens is 380 g/mol. The van der Waals surface area contributed by atoms with Crippen LogP contribution in [-0.4, -0.2) is 58.1 Å². The molecule has 1 aliphatic heterocycles.